The number of nitrogens with zero attached hydrogens (tertiary/aromatic N) is 3. The lowest BCUT2D eigenvalue weighted by molar-refractivity contribution is 0.122. The van der Waals surface area contributed by atoms with E-state index >= 15 is 0 Å². The Balaban J connectivity index is 1.89. The van der Waals surface area contributed by atoms with Gasteiger partial charge in [0.2, 0.25) is 0 Å². The molecule has 2 aromatic rings. The van der Waals surface area contributed by atoms with Gasteiger partial charge in [-0.2, -0.15) is 0 Å². The van der Waals surface area contributed by atoms with Gasteiger partial charge in [-0.25, -0.2) is 9.97 Å². The minimum absolute atomic E-state index is 0.552. The van der Waals surface area contributed by atoms with E-state index in [0.717, 1.165) is 18.9 Å². The van der Waals surface area contributed by atoms with Crippen LogP contribution in [0.1, 0.15) is 5.82 Å². The summed E-state index contributed by atoms with van der Waals surface area (Å²) in [6, 6.07) is 7.28. The number of aryl methyl sites for hydroxylation is 1. The molecule has 0 atom stereocenters. The van der Waals surface area contributed by atoms with Crippen molar-refractivity contribution in [2.24, 2.45) is 0 Å². The van der Waals surface area contributed by atoms with Gasteiger partial charge in [0, 0.05) is 19.2 Å². The highest BCUT2D eigenvalue weighted by atomic mass is 35.5. The van der Waals surface area contributed by atoms with Gasteiger partial charge in [0.25, 0.3) is 0 Å². The maximum atomic E-state index is 6.19. The summed E-state index contributed by atoms with van der Waals surface area (Å²) >= 11 is 12.4. The third-order valence-corrected chi connectivity index (χ3v) is 4.01. The van der Waals surface area contributed by atoms with E-state index in [2.05, 4.69) is 20.2 Å². The molecule has 0 radical (unpaired) electrons. The number of hydrogen-bond acceptors (Lipinski definition) is 5. The fraction of sp³-hybridized carbons (Fsp3) is 0.333. The van der Waals surface area contributed by atoms with E-state index in [1.807, 2.05) is 13.0 Å². The molecule has 0 saturated carbocycles. The SMILES string of the molecule is Cc1nc(Nc2c(Cl)cccc2Cl)cc(N2CCOCC2)n1. The second-order valence-corrected chi connectivity index (χ2v) is 5.79. The number of hydrogen-bond donors (Lipinski definition) is 1. The summed E-state index contributed by atoms with van der Waals surface area (Å²) in [6.45, 7) is 4.93. The fourth-order valence-corrected chi connectivity index (χ4v) is 2.81. The number of halogens is 2. The summed E-state index contributed by atoms with van der Waals surface area (Å²) in [4.78, 5) is 11.1. The highest BCUT2D eigenvalue weighted by Crippen LogP contribution is 2.32. The second-order valence-electron chi connectivity index (χ2n) is 4.98. The summed E-state index contributed by atoms with van der Waals surface area (Å²) in [7, 11) is 0. The zero-order valence-corrected chi connectivity index (χ0v) is 13.7. The summed E-state index contributed by atoms with van der Waals surface area (Å²) in [6.07, 6.45) is 0. The lowest BCUT2D eigenvalue weighted by Crippen LogP contribution is -2.36. The Morgan fingerprint density at radius 1 is 1.14 bits per heavy atom. The van der Waals surface area contributed by atoms with E-state index in [1.165, 1.54) is 0 Å². The van der Waals surface area contributed by atoms with Crippen molar-refractivity contribution in [1.82, 2.24) is 9.97 Å². The van der Waals surface area contributed by atoms with Gasteiger partial charge in [0.05, 0.1) is 28.9 Å². The Morgan fingerprint density at radius 3 is 2.50 bits per heavy atom. The summed E-state index contributed by atoms with van der Waals surface area (Å²) in [5.74, 6) is 2.24. The molecule has 1 aromatic heterocycles. The molecule has 7 heteroatoms. The number of rotatable bonds is 3. The van der Waals surface area contributed by atoms with Crippen LogP contribution >= 0.6 is 23.2 Å². The fourth-order valence-electron chi connectivity index (χ4n) is 2.32. The first-order valence-corrected chi connectivity index (χ1v) is 7.78. The van der Waals surface area contributed by atoms with E-state index in [9.17, 15) is 0 Å². The van der Waals surface area contributed by atoms with Crippen molar-refractivity contribution in [3.63, 3.8) is 0 Å². The first-order chi connectivity index (χ1) is 10.6. The molecule has 1 saturated heterocycles. The van der Waals surface area contributed by atoms with Crippen molar-refractivity contribution >= 4 is 40.5 Å². The van der Waals surface area contributed by atoms with Gasteiger partial charge in [-0.3, -0.25) is 0 Å². The molecular weight excluding hydrogens is 323 g/mol. The van der Waals surface area contributed by atoms with Crippen LogP contribution < -0.4 is 10.2 Å². The first-order valence-electron chi connectivity index (χ1n) is 7.03. The van der Waals surface area contributed by atoms with Crippen molar-refractivity contribution in [1.29, 1.82) is 0 Å². The standard InChI is InChI=1S/C15H16Cl2N4O/c1-10-18-13(20-15-11(16)3-2-4-12(15)17)9-14(19-10)21-5-7-22-8-6-21/h2-4,9H,5-8H2,1H3,(H,18,19,20). The molecule has 0 amide bonds. The van der Waals surface area contributed by atoms with Crippen LogP contribution in [0.25, 0.3) is 0 Å². The average molecular weight is 339 g/mol. The molecule has 1 aliphatic rings. The van der Waals surface area contributed by atoms with Gasteiger partial charge in [0.15, 0.2) is 0 Å². The van der Waals surface area contributed by atoms with Crippen molar-refractivity contribution < 1.29 is 4.74 Å². The molecule has 1 N–H and O–H groups in total. The number of para-hydroxylation sites is 1. The lowest BCUT2D eigenvalue weighted by Gasteiger charge is -2.28. The highest BCUT2D eigenvalue weighted by molar-refractivity contribution is 6.39. The predicted octanol–water partition coefficient (Wildman–Crippen LogP) is 3.67. The van der Waals surface area contributed by atoms with Crippen LogP contribution in [0.2, 0.25) is 10.0 Å². The van der Waals surface area contributed by atoms with Gasteiger partial charge in [-0.15, -0.1) is 0 Å². The molecule has 116 valence electrons. The molecule has 0 unspecified atom stereocenters. The largest absolute Gasteiger partial charge is 0.378 e. The normalized spacial score (nSPS) is 15.0. The molecule has 2 heterocycles. The molecule has 0 aliphatic carbocycles. The van der Waals surface area contributed by atoms with Gasteiger partial charge in [0.1, 0.15) is 17.5 Å². The highest BCUT2D eigenvalue weighted by Gasteiger charge is 2.15. The van der Waals surface area contributed by atoms with Crippen LogP contribution in [0, 0.1) is 6.92 Å². The Kier molecular flexibility index (Phi) is 4.66. The maximum absolute atomic E-state index is 6.19. The van der Waals surface area contributed by atoms with Gasteiger partial charge in [-0.05, 0) is 19.1 Å². The Labute approximate surface area is 139 Å². The van der Waals surface area contributed by atoms with E-state index in [4.69, 9.17) is 27.9 Å². The topological polar surface area (TPSA) is 50.3 Å². The number of aromatic nitrogens is 2. The predicted molar refractivity (Wildman–Crippen MR) is 89.5 cm³/mol. The van der Waals surface area contributed by atoms with Crippen molar-refractivity contribution in [3.8, 4) is 0 Å². The molecule has 3 rings (SSSR count). The summed E-state index contributed by atoms with van der Waals surface area (Å²) in [5.41, 5.74) is 0.650. The monoisotopic (exact) mass is 338 g/mol. The molecule has 22 heavy (non-hydrogen) atoms. The lowest BCUT2D eigenvalue weighted by atomic mass is 10.3. The van der Waals surface area contributed by atoms with Crippen molar-refractivity contribution in [2.75, 3.05) is 36.5 Å². The number of benzene rings is 1. The van der Waals surface area contributed by atoms with Crippen LogP contribution in [0.4, 0.5) is 17.3 Å². The van der Waals surface area contributed by atoms with E-state index < -0.39 is 0 Å². The number of nitrogens with one attached hydrogen (secondary N) is 1. The molecule has 0 spiro atoms. The Bertz CT molecular complexity index is 654. The van der Waals surface area contributed by atoms with E-state index in [0.29, 0.717) is 40.6 Å². The number of anilines is 3. The van der Waals surface area contributed by atoms with Crippen LogP contribution in [0.5, 0.6) is 0 Å². The maximum Gasteiger partial charge on any atom is 0.136 e. The van der Waals surface area contributed by atoms with Crippen molar-refractivity contribution in [2.45, 2.75) is 6.92 Å². The van der Waals surface area contributed by atoms with Crippen LogP contribution in [0.3, 0.4) is 0 Å². The molecular formula is C15H16Cl2N4O. The van der Waals surface area contributed by atoms with Crippen molar-refractivity contribution in [3.05, 3.63) is 40.1 Å². The zero-order chi connectivity index (χ0) is 15.5. The minimum Gasteiger partial charge on any atom is -0.378 e. The quantitative estimate of drug-likeness (QED) is 0.925. The summed E-state index contributed by atoms with van der Waals surface area (Å²) < 4.78 is 5.37. The third kappa shape index (κ3) is 3.43. The van der Waals surface area contributed by atoms with Crippen LogP contribution in [-0.4, -0.2) is 36.3 Å². The van der Waals surface area contributed by atoms with E-state index in [-0.39, 0.29) is 0 Å². The molecule has 5 nitrogen and oxygen atoms in total. The third-order valence-electron chi connectivity index (χ3n) is 3.38. The Hall–Kier alpha value is -1.56. The molecule has 0 bridgehead atoms. The smallest absolute Gasteiger partial charge is 0.136 e. The molecule has 1 aromatic carbocycles. The zero-order valence-electron chi connectivity index (χ0n) is 12.1. The van der Waals surface area contributed by atoms with Gasteiger partial charge >= 0.3 is 0 Å². The second kappa shape index (κ2) is 6.69. The first kappa shape index (κ1) is 15.3. The summed E-state index contributed by atoms with van der Waals surface area (Å²) in [5, 5.41) is 4.29. The molecule has 1 aliphatic heterocycles. The Morgan fingerprint density at radius 2 is 1.82 bits per heavy atom. The average Bonchev–Trinajstić information content (AvgIpc) is 2.51. The van der Waals surface area contributed by atoms with Crippen LogP contribution in [-0.2, 0) is 4.74 Å². The van der Waals surface area contributed by atoms with E-state index in [1.54, 1.807) is 18.2 Å². The van der Waals surface area contributed by atoms with Gasteiger partial charge < -0.3 is 15.0 Å². The number of ether oxygens (including phenoxy) is 1. The van der Waals surface area contributed by atoms with Crippen LogP contribution in [0.15, 0.2) is 24.3 Å². The number of morpholine rings is 1. The minimum atomic E-state index is 0.552. The molecule has 1 fully saturated rings. The van der Waals surface area contributed by atoms with Gasteiger partial charge in [-0.1, -0.05) is 29.3 Å².